The minimum atomic E-state index is -0.863. The van der Waals surface area contributed by atoms with E-state index in [1.807, 2.05) is 25.1 Å². The van der Waals surface area contributed by atoms with E-state index in [4.69, 9.17) is 4.74 Å². The number of hydrogen-bond donors (Lipinski definition) is 1. The van der Waals surface area contributed by atoms with E-state index in [9.17, 15) is 18.4 Å². The number of aromatic nitrogens is 3. The van der Waals surface area contributed by atoms with Crippen LogP contribution in [0, 0.1) is 11.6 Å². The first-order valence-electron chi connectivity index (χ1n) is 9.78. The molecule has 0 aliphatic carbocycles. The highest BCUT2D eigenvalue weighted by atomic mass is 32.2. The second-order valence-corrected chi connectivity index (χ2v) is 7.99. The molecule has 166 valence electrons. The van der Waals surface area contributed by atoms with Crippen LogP contribution >= 0.6 is 11.8 Å². The zero-order chi connectivity index (χ0) is 23.0. The maximum atomic E-state index is 13.8. The smallest absolute Gasteiger partial charge is 0.278 e. The summed E-state index contributed by atoms with van der Waals surface area (Å²) in [5.74, 6) is -1.56. The Labute approximate surface area is 186 Å². The van der Waals surface area contributed by atoms with E-state index in [1.54, 1.807) is 18.7 Å². The van der Waals surface area contributed by atoms with Gasteiger partial charge in [-0.1, -0.05) is 11.8 Å². The molecule has 0 fully saturated rings. The van der Waals surface area contributed by atoms with Crippen LogP contribution in [0.5, 0.6) is 5.75 Å². The van der Waals surface area contributed by atoms with Crippen LogP contribution in [-0.2, 0) is 18.4 Å². The standard InChI is InChI=1S/C22H20F2N4O3S/c1-4-28-21(30)20-19(14-10-13(31-3)6-8-17(14)27(20)2)26-22(28)32-11-18(29)25-16-7-5-12(23)9-15(16)24/h5-10H,4,11H2,1-3H3,(H,25,29). The van der Waals surface area contributed by atoms with Crippen LogP contribution in [0.2, 0.25) is 0 Å². The van der Waals surface area contributed by atoms with E-state index in [2.05, 4.69) is 10.3 Å². The predicted octanol–water partition coefficient (Wildman–Crippen LogP) is 3.93. The lowest BCUT2D eigenvalue weighted by Gasteiger charge is -2.11. The average Bonchev–Trinajstić information content (AvgIpc) is 3.05. The van der Waals surface area contributed by atoms with Crippen molar-refractivity contribution in [1.82, 2.24) is 14.1 Å². The van der Waals surface area contributed by atoms with Crippen LogP contribution in [0.1, 0.15) is 6.92 Å². The number of nitrogens with zero attached hydrogens (tertiary/aromatic N) is 3. The van der Waals surface area contributed by atoms with Gasteiger partial charge in [-0.2, -0.15) is 0 Å². The van der Waals surface area contributed by atoms with Crippen LogP contribution in [0.3, 0.4) is 0 Å². The van der Waals surface area contributed by atoms with Crippen LogP contribution in [0.15, 0.2) is 46.3 Å². The first kappa shape index (κ1) is 21.8. The van der Waals surface area contributed by atoms with Gasteiger partial charge in [0.25, 0.3) is 5.56 Å². The highest BCUT2D eigenvalue weighted by molar-refractivity contribution is 7.99. The number of nitrogens with one attached hydrogen (secondary N) is 1. The number of anilines is 1. The number of benzene rings is 2. The van der Waals surface area contributed by atoms with E-state index >= 15 is 0 Å². The Morgan fingerprint density at radius 3 is 2.69 bits per heavy atom. The van der Waals surface area contributed by atoms with E-state index in [0.717, 1.165) is 34.8 Å². The number of methoxy groups -OCH3 is 1. The van der Waals surface area contributed by atoms with Crippen molar-refractivity contribution in [3.05, 3.63) is 58.4 Å². The van der Waals surface area contributed by atoms with Gasteiger partial charge in [0.2, 0.25) is 5.91 Å². The van der Waals surface area contributed by atoms with Crippen molar-refractivity contribution in [2.24, 2.45) is 7.05 Å². The van der Waals surface area contributed by atoms with Gasteiger partial charge >= 0.3 is 0 Å². The zero-order valence-electron chi connectivity index (χ0n) is 17.6. The van der Waals surface area contributed by atoms with E-state index < -0.39 is 17.5 Å². The fourth-order valence-corrected chi connectivity index (χ4v) is 4.41. The van der Waals surface area contributed by atoms with Gasteiger partial charge in [0.15, 0.2) is 5.16 Å². The summed E-state index contributed by atoms with van der Waals surface area (Å²) in [6.07, 6.45) is 0. The summed E-state index contributed by atoms with van der Waals surface area (Å²) in [5.41, 5.74) is 1.47. The third-order valence-corrected chi connectivity index (χ3v) is 6.10. The van der Waals surface area contributed by atoms with Crippen molar-refractivity contribution in [1.29, 1.82) is 0 Å². The fourth-order valence-electron chi connectivity index (χ4n) is 3.56. The maximum Gasteiger partial charge on any atom is 0.278 e. The molecule has 1 amide bonds. The summed E-state index contributed by atoms with van der Waals surface area (Å²) < 4.78 is 35.5. The summed E-state index contributed by atoms with van der Waals surface area (Å²) in [4.78, 5) is 30.2. The van der Waals surface area contributed by atoms with Crippen LogP contribution in [0.25, 0.3) is 21.9 Å². The molecule has 0 bridgehead atoms. The van der Waals surface area contributed by atoms with Crippen molar-refractivity contribution in [3.63, 3.8) is 0 Å². The summed E-state index contributed by atoms with van der Waals surface area (Å²) >= 11 is 1.07. The van der Waals surface area contributed by atoms with Crippen molar-refractivity contribution < 1.29 is 18.3 Å². The number of carbonyl (C=O) groups is 1. The average molecular weight is 458 g/mol. The van der Waals surface area contributed by atoms with Crippen molar-refractivity contribution >= 4 is 45.3 Å². The summed E-state index contributed by atoms with van der Waals surface area (Å²) in [5, 5.41) is 3.54. The maximum absolute atomic E-state index is 13.8. The molecule has 1 N–H and O–H groups in total. The van der Waals surface area contributed by atoms with Crippen LogP contribution in [0.4, 0.5) is 14.5 Å². The number of hydrogen-bond acceptors (Lipinski definition) is 5. The Bertz CT molecular complexity index is 1410. The molecule has 2 aromatic carbocycles. The summed E-state index contributed by atoms with van der Waals surface area (Å²) in [7, 11) is 3.37. The molecule has 0 saturated carbocycles. The second kappa shape index (κ2) is 8.62. The molecular weight excluding hydrogens is 438 g/mol. The molecule has 0 radical (unpaired) electrons. The van der Waals surface area contributed by atoms with Gasteiger partial charge in [0.05, 0.1) is 24.1 Å². The third-order valence-electron chi connectivity index (χ3n) is 5.12. The minimum Gasteiger partial charge on any atom is -0.497 e. The molecule has 0 aliphatic heterocycles. The Morgan fingerprint density at radius 2 is 2.00 bits per heavy atom. The van der Waals surface area contributed by atoms with Crippen molar-refractivity contribution in [2.45, 2.75) is 18.6 Å². The first-order valence-corrected chi connectivity index (χ1v) is 10.8. The highest BCUT2D eigenvalue weighted by Crippen LogP contribution is 2.30. The highest BCUT2D eigenvalue weighted by Gasteiger charge is 2.19. The SMILES string of the molecule is CCn1c(SCC(=O)Nc2ccc(F)cc2F)nc2c3cc(OC)ccc3n(C)c2c1=O. The number of amides is 1. The largest absolute Gasteiger partial charge is 0.497 e. The molecule has 32 heavy (non-hydrogen) atoms. The molecule has 0 aliphatic rings. The van der Waals surface area contributed by atoms with Gasteiger partial charge in [-0.15, -0.1) is 0 Å². The lowest BCUT2D eigenvalue weighted by Crippen LogP contribution is -2.24. The summed E-state index contributed by atoms with van der Waals surface area (Å²) in [6.45, 7) is 2.18. The molecule has 7 nitrogen and oxygen atoms in total. The Balaban J connectivity index is 1.69. The Hall–Kier alpha value is -3.40. The number of carbonyl (C=O) groups excluding carboxylic acids is 1. The topological polar surface area (TPSA) is 78.2 Å². The van der Waals surface area contributed by atoms with Gasteiger partial charge in [-0.3, -0.25) is 14.2 Å². The Morgan fingerprint density at radius 1 is 1.22 bits per heavy atom. The number of thioether (sulfide) groups is 1. The number of aryl methyl sites for hydroxylation is 1. The molecule has 2 heterocycles. The van der Waals surface area contributed by atoms with Gasteiger partial charge in [0, 0.05) is 25.0 Å². The molecule has 0 unspecified atom stereocenters. The zero-order valence-corrected chi connectivity index (χ0v) is 18.4. The number of ether oxygens (including phenoxy) is 1. The normalized spacial score (nSPS) is 11.3. The molecule has 4 rings (SSSR count). The van der Waals surface area contributed by atoms with Crippen molar-refractivity contribution in [2.75, 3.05) is 18.2 Å². The van der Waals surface area contributed by atoms with E-state index in [0.29, 0.717) is 34.6 Å². The van der Waals surface area contributed by atoms with Crippen LogP contribution in [-0.4, -0.2) is 32.9 Å². The molecular formula is C22H20F2N4O3S. The van der Waals surface area contributed by atoms with E-state index in [1.165, 1.54) is 4.57 Å². The first-order chi connectivity index (χ1) is 15.3. The molecule has 4 aromatic rings. The van der Waals surface area contributed by atoms with E-state index in [-0.39, 0.29) is 17.0 Å². The predicted molar refractivity (Wildman–Crippen MR) is 120 cm³/mol. The van der Waals surface area contributed by atoms with Gasteiger partial charge in [0.1, 0.15) is 28.4 Å². The van der Waals surface area contributed by atoms with Crippen LogP contribution < -0.4 is 15.6 Å². The summed E-state index contributed by atoms with van der Waals surface area (Å²) in [6, 6.07) is 8.41. The molecule has 10 heteroatoms. The Kier molecular flexibility index (Phi) is 5.88. The molecule has 0 saturated heterocycles. The van der Waals surface area contributed by atoms with Gasteiger partial charge < -0.3 is 14.6 Å². The quantitative estimate of drug-likeness (QED) is 0.350. The second-order valence-electron chi connectivity index (χ2n) is 7.04. The van der Waals surface area contributed by atoms with Gasteiger partial charge in [-0.25, -0.2) is 13.8 Å². The molecule has 2 aromatic heterocycles. The lowest BCUT2D eigenvalue weighted by molar-refractivity contribution is -0.113. The number of fused-ring (bicyclic) bond motifs is 3. The molecule has 0 atom stereocenters. The van der Waals surface area contributed by atoms with Gasteiger partial charge in [-0.05, 0) is 37.3 Å². The number of rotatable bonds is 6. The lowest BCUT2D eigenvalue weighted by atomic mass is 10.2. The molecule has 0 spiro atoms. The minimum absolute atomic E-state index is 0.108. The number of halogens is 2. The third kappa shape index (κ3) is 3.81. The fraction of sp³-hybridized carbons (Fsp3) is 0.227. The van der Waals surface area contributed by atoms with Crippen molar-refractivity contribution in [3.8, 4) is 5.75 Å². The monoisotopic (exact) mass is 458 g/mol.